The number of rotatable bonds is 2. The van der Waals surface area contributed by atoms with Gasteiger partial charge in [0, 0.05) is 6.42 Å². The fourth-order valence-electron chi connectivity index (χ4n) is 0.548. The number of alkyl halides is 1. The Kier molecular flexibility index (Phi) is 4.80. The molecule has 0 aliphatic rings. The van der Waals surface area contributed by atoms with Gasteiger partial charge in [-0.25, -0.2) is 0 Å². The Morgan fingerprint density at radius 3 is 1.20 bits per heavy atom. The van der Waals surface area contributed by atoms with Crippen LogP contribution in [0.1, 0.15) is 13.3 Å². The molecule has 0 aliphatic carbocycles. The number of halogens is 7. The van der Waals surface area contributed by atoms with E-state index < -0.39 is 7.81 Å². The van der Waals surface area contributed by atoms with Gasteiger partial charge in [0.05, 0.1) is 21.1 Å². The van der Waals surface area contributed by atoms with Crippen LogP contribution in [-0.4, -0.2) is 30.6 Å². The molecule has 0 aliphatic heterocycles. The Morgan fingerprint density at radius 2 is 1.20 bits per heavy atom. The van der Waals surface area contributed by atoms with E-state index in [1.54, 1.807) is 0 Å². The molecule has 0 saturated heterocycles. The topological polar surface area (TPSA) is 0 Å². The van der Waals surface area contributed by atoms with Crippen LogP contribution in [0, 0.1) is 0 Å². The molecule has 0 spiro atoms. The summed E-state index contributed by atoms with van der Waals surface area (Å²) in [5, 5.41) is 0. The van der Waals surface area contributed by atoms with Crippen molar-refractivity contribution in [2.45, 2.75) is 18.3 Å². The van der Waals surface area contributed by atoms with Crippen molar-refractivity contribution in [3.05, 3.63) is 0 Å². The van der Waals surface area contributed by atoms with Crippen molar-refractivity contribution in [3.63, 3.8) is 0 Å². The Balaban J connectivity index is 0. The van der Waals surface area contributed by atoms with Crippen molar-refractivity contribution in [2.75, 3.05) is 21.1 Å². The van der Waals surface area contributed by atoms with Gasteiger partial charge in [-0.15, -0.1) is 0 Å². The summed E-state index contributed by atoms with van der Waals surface area (Å²) in [7, 11) is -4.11. The first-order chi connectivity index (χ1) is 5.93. The molecule has 0 saturated carbocycles. The van der Waals surface area contributed by atoms with E-state index in [0.717, 1.165) is 4.48 Å². The average molecular weight is 326 g/mol. The Hall–Kier alpha value is 0.450. The quantitative estimate of drug-likeness (QED) is 0.215. The molecule has 15 heavy (non-hydrogen) atoms. The molecule has 98 valence electrons. The maximum absolute atomic E-state index is 10.7. The number of quaternary nitrogens is 1. The van der Waals surface area contributed by atoms with Crippen LogP contribution in [0.5, 0.6) is 0 Å². The van der Waals surface area contributed by atoms with Crippen molar-refractivity contribution < 1.29 is 29.7 Å². The maximum atomic E-state index is 9.87. The summed E-state index contributed by atoms with van der Waals surface area (Å²) < 4.78 is 60.2. The van der Waals surface area contributed by atoms with E-state index in [9.17, 15) is 25.2 Å². The molecule has 0 N–H and O–H groups in total. The Morgan fingerprint density at radius 1 is 1.00 bits per heavy atom. The van der Waals surface area contributed by atoms with E-state index >= 15 is 0 Å². The van der Waals surface area contributed by atoms with Crippen LogP contribution in [0.25, 0.3) is 0 Å². The molecule has 0 fully saturated rings. The van der Waals surface area contributed by atoms with Crippen molar-refractivity contribution in [1.29, 1.82) is 0 Å². The molecule has 1 nitrogen and oxygen atoms in total. The average Bonchev–Trinajstić information content (AvgIpc) is 1.76. The van der Waals surface area contributed by atoms with Crippen molar-refractivity contribution in [1.82, 2.24) is 0 Å². The standard InChI is InChI=1S/C6H15BrN.F6P/c1-5-6(7)8(2,3)4;1-7(2,3,4,5)6/h6H,5H2,1-4H3;/q+1;-1. The van der Waals surface area contributed by atoms with Crippen molar-refractivity contribution in [3.8, 4) is 0 Å². The first-order valence-corrected chi connectivity index (χ1v) is 6.89. The Labute approximate surface area is 93.4 Å². The second-order valence-corrected chi connectivity index (χ2v) is 6.89. The first kappa shape index (κ1) is 17.8. The van der Waals surface area contributed by atoms with Crippen LogP contribution < -0.4 is 0 Å². The summed E-state index contributed by atoms with van der Waals surface area (Å²) >= 11 is 3.57. The predicted octanol–water partition coefficient (Wildman–Crippen LogP) is 5.21. The third kappa shape index (κ3) is 31.4. The molecule has 9 heteroatoms. The summed E-state index contributed by atoms with van der Waals surface area (Å²) in [6.45, 7) is 2.18. The van der Waals surface area contributed by atoms with Gasteiger partial charge < -0.3 is 4.48 Å². The summed E-state index contributed by atoms with van der Waals surface area (Å²) in [4.78, 5) is 0.600. The van der Waals surface area contributed by atoms with Crippen molar-refractivity contribution >= 4 is 23.7 Å². The molecule has 1 unspecified atom stereocenters. The molecule has 0 aromatic rings. The fourth-order valence-corrected chi connectivity index (χ4v) is 0.548. The van der Waals surface area contributed by atoms with Gasteiger partial charge in [-0.05, 0) is 15.9 Å². The predicted molar refractivity (Wildman–Crippen MR) is 54.6 cm³/mol. The monoisotopic (exact) mass is 325 g/mol. The molecule has 0 radical (unpaired) electrons. The third-order valence-corrected chi connectivity index (χ3v) is 3.05. The number of hydrogen-bond acceptors (Lipinski definition) is 0. The molecule has 0 heterocycles. The van der Waals surface area contributed by atoms with Gasteiger partial charge in [-0.2, -0.15) is 0 Å². The van der Waals surface area contributed by atoms with Gasteiger partial charge in [0.1, 0.15) is 4.95 Å². The van der Waals surface area contributed by atoms with E-state index in [1.807, 2.05) is 0 Å². The van der Waals surface area contributed by atoms with Crippen LogP contribution in [-0.2, 0) is 0 Å². The third-order valence-electron chi connectivity index (χ3n) is 1.18. The second kappa shape index (κ2) is 4.04. The zero-order valence-electron chi connectivity index (χ0n) is 8.82. The molecule has 0 amide bonds. The van der Waals surface area contributed by atoms with Crippen LogP contribution in [0.4, 0.5) is 25.2 Å². The van der Waals surface area contributed by atoms with Gasteiger partial charge in [0.25, 0.3) is 0 Å². The van der Waals surface area contributed by atoms with Gasteiger partial charge in [0.2, 0.25) is 0 Å². The van der Waals surface area contributed by atoms with Crippen LogP contribution in [0.2, 0.25) is 0 Å². The fraction of sp³-hybridized carbons (Fsp3) is 1.00. The van der Waals surface area contributed by atoms with Gasteiger partial charge in [-0.1, -0.05) is 6.92 Å². The molecular weight excluding hydrogens is 311 g/mol. The molecule has 1 atom stereocenters. The number of nitrogens with zero attached hydrogens (tertiary/aromatic N) is 1. The zero-order valence-corrected chi connectivity index (χ0v) is 11.3. The van der Waals surface area contributed by atoms with Gasteiger partial charge in [0.15, 0.2) is 0 Å². The van der Waals surface area contributed by atoms with Crippen molar-refractivity contribution in [2.24, 2.45) is 0 Å². The molecule has 0 aromatic carbocycles. The van der Waals surface area contributed by atoms with Crippen LogP contribution in [0.15, 0.2) is 0 Å². The van der Waals surface area contributed by atoms with E-state index in [1.165, 1.54) is 6.42 Å². The number of hydrogen-bond donors (Lipinski definition) is 0. The Bertz CT molecular complexity index is 192. The van der Waals surface area contributed by atoms with E-state index in [0.29, 0.717) is 4.95 Å². The SMILES string of the molecule is CCC(Br)[N+](C)(C)C.F[P-](F)(F)(F)(F)F. The minimum atomic E-state index is -10.7. The van der Waals surface area contributed by atoms with E-state index in [4.69, 9.17) is 0 Å². The van der Waals surface area contributed by atoms with E-state index in [-0.39, 0.29) is 0 Å². The summed E-state index contributed by atoms with van der Waals surface area (Å²) in [6, 6.07) is 0. The van der Waals surface area contributed by atoms with Gasteiger partial charge >= 0.3 is 33.0 Å². The van der Waals surface area contributed by atoms with Crippen LogP contribution in [0.3, 0.4) is 0 Å². The summed E-state index contributed by atoms with van der Waals surface area (Å²) in [5.41, 5.74) is 0. The minimum absolute atomic E-state index is 0.600. The molecule has 0 bridgehead atoms. The second-order valence-electron chi connectivity index (χ2n) is 3.92. The zero-order chi connectivity index (χ0) is 13.2. The molecule has 0 aromatic heterocycles. The van der Waals surface area contributed by atoms with Gasteiger partial charge in [-0.3, -0.25) is 0 Å². The summed E-state index contributed by atoms with van der Waals surface area (Å²) in [6.07, 6.45) is 1.18. The van der Waals surface area contributed by atoms with Crippen LogP contribution >= 0.6 is 23.7 Å². The summed E-state index contributed by atoms with van der Waals surface area (Å²) in [5.74, 6) is 0. The first-order valence-electron chi connectivity index (χ1n) is 3.95. The molecule has 0 rings (SSSR count). The molecular formula is C6H15BrF6NP. The normalized spacial score (nSPS) is 19.4. The van der Waals surface area contributed by atoms with E-state index in [2.05, 4.69) is 44.0 Å².